The maximum Gasteiger partial charge on any atom is 0.416 e. The number of nitrogens with zero attached hydrogens (tertiary/aromatic N) is 2. The highest BCUT2D eigenvalue weighted by Crippen LogP contribution is 2.31. The molecule has 6 heteroatoms. The van der Waals surface area contributed by atoms with Gasteiger partial charge in [-0.1, -0.05) is 12.1 Å². The Hall–Kier alpha value is -2.63. The van der Waals surface area contributed by atoms with Gasteiger partial charge in [-0.15, -0.1) is 0 Å². The zero-order chi connectivity index (χ0) is 15.0. The molecule has 3 nitrogen and oxygen atoms in total. The minimum atomic E-state index is -4.36. The Kier molecular flexibility index (Phi) is 3.01. The molecule has 0 saturated heterocycles. The van der Waals surface area contributed by atoms with Gasteiger partial charge in [0.15, 0.2) is 0 Å². The Morgan fingerprint density at radius 1 is 0.905 bits per heavy atom. The summed E-state index contributed by atoms with van der Waals surface area (Å²) in [5.74, 6) is 0.0129. The van der Waals surface area contributed by atoms with Gasteiger partial charge in [-0.3, -0.25) is 4.98 Å². The van der Waals surface area contributed by atoms with Gasteiger partial charge < -0.3 is 5.11 Å². The van der Waals surface area contributed by atoms with Crippen molar-refractivity contribution in [1.82, 2.24) is 9.97 Å². The maximum absolute atomic E-state index is 12.5. The van der Waals surface area contributed by atoms with Gasteiger partial charge in [-0.2, -0.15) is 13.2 Å². The van der Waals surface area contributed by atoms with Crippen molar-refractivity contribution in [2.75, 3.05) is 0 Å². The molecule has 1 N–H and O–H groups in total. The van der Waals surface area contributed by atoms with Crippen molar-refractivity contribution in [3.63, 3.8) is 0 Å². The lowest BCUT2D eigenvalue weighted by Gasteiger charge is -2.08. The topological polar surface area (TPSA) is 46.0 Å². The first-order valence-corrected chi connectivity index (χ1v) is 6.06. The van der Waals surface area contributed by atoms with Crippen LogP contribution in [-0.2, 0) is 6.18 Å². The molecule has 0 atom stereocenters. The van der Waals surface area contributed by atoms with E-state index in [-0.39, 0.29) is 5.75 Å². The first-order chi connectivity index (χ1) is 9.95. The first kappa shape index (κ1) is 13.4. The van der Waals surface area contributed by atoms with Gasteiger partial charge in [-0.25, -0.2) is 4.98 Å². The number of alkyl halides is 3. The van der Waals surface area contributed by atoms with Crippen molar-refractivity contribution in [3.8, 4) is 17.0 Å². The summed E-state index contributed by atoms with van der Waals surface area (Å²) in [6, 6.07) is 8.07. The fourth-order valence-electron chi connectivity index (χ4n) is 2.03. The van der Waals surface area contributed by atoms with E-state index in [0.717, 1.165) is 12.1 Å². The van der Waals surface area contributed by atoms with Crippen molar-refractivity contribution >= 4 is 10.9 Å². The van der Waals surface area contributed by atoms with Crippen LogP contribution in [0, 0.1) is 0 Å². The number of benzene rings is 1. The molecule has 1 aromatic carbocycles. The van der Waals surface area contributed by atoms with Crippen LogP contribution in [0.3, 0.4) is 0 Å². The van der Waals surface area contributed by atoms with E-state index in [0.29, 0.717) is 22.2 Å². The predicted molar refractivity (Wildman–Crippen MR) is 71.6 cm³/mol. The molecule has 3 aromatic rings. The molecule has 0 aliphatic heterocycles. The Morgan fingerprint density at radius 2 is 1.62 bits per heavy atom. The van der Waals surface area contributed by atoms with Gasteiger partial charge in [0.1, 0.15) is 5.75 Å². The molecule has 2 aromatic heterocycles. The summed E-state index contributed by atoms with van der Waals surface area (Å²) in [4.78, 5) is 8.13. The minimum Gasteiger partial charge on any atom is -0.506 e. The minimum absolute atomic E-state index is 0.0129. The summed E-state index contributed by atoms with van der Waals surface area (Å²) in [6.07, 6.45) is -1.56. The van der Waals surface area contributed by atoms with Crippen LogP contribution in [0.25, 0.3) is 22.2 Å². The van der Waals surface area contributed by atoms with E-state index in [4.69, 9.17) is 0 Å². The summed E-state index contributed by atoms with van der Waals surface area (Å²) in [6.45, 7) is 0. The van der Waals surface area contributed by atoms with Gasteiger partial charge in [0.2, 0.25) is 0 Å². The molecule has 3 rings (SSSR count). The van der Waals surface area contributed by atoms with Crippen LogP contribution in [0.1, 0.15) is 5.56 Å². The van der Waals surface area contributed by atoms with E-state index >= 15 is 0 Å². The zero-order valence-corrected chi connectivity index (χ0v) is 10.6. The highest BCUT2D eigenvalue weighted by atomic mass is 19.4. The van der Waals surface area contributed by atoms with E-state index in [1.165, 1.54) is 24.5 Å². The maximum atomic E-state index is 12.5. The summed E-state index contributed by atoms with van der Waals surface area (Å²) in [5.41, 5.74) is 0.857. The van der Waals surface area contributed by atoms with Crippen LogP contribution in [0.2, 0.25) is 0 Å². The average Bonchev–Trinajstić information content (AvgIpc) is 2.46. The monoisotopic (exact) mass is 290 g/mol. The number of pyridine rings is 2. The van der Waals surface area contributed by atoms with Crippen molar-refractivity contribution in [2.24, 2.45) is 0 Å². The van der Waals surface area contributed by atoms with Gasteiger partial charge in [0.25, 0.3) is 0 Å². The largest absolute Gasteiger partial charge is 0.506 e. The van der Waals surface area contributed by atoms with E-state index in [2.05, 4.69) is 9.97 Å². The second kappa shape index (κ2) is 4.73. The van der Waals surface area contributed by atoms with Gasteiger partial charge in [0, 0.05) is 10.9 Å². The highest BCUT2D eigenvalue weighted by Gasteiger charge is 2.29. The van der Waals surface area contributed by atoms with Gasteiger partial charge in [-0.05, 0) is 24.3 Å². The molecule has 2 heterocycles. The zero-order valence-electron chi connectivity index (χ0n) is 10.6. The summed E-state index contributed by atoms with van der Waals surface area (Å²) in [7, 11) is 0. The van der Waals surface area contributed by atoms with Crippen molar-refractivity contribution in [3.05, 3.63) is 54.4 Å². The van der Waals surface area contributed by atoms with E-state index in [9.17, 15) is 18.3 Å². The van der Waals surface area contributed by atoms with Crippen LogP contribution < -0.4 is 0 Å². The van der Waals surface area contributed by atoms with Crippen LogP contribution in [0.15, 0.2) is 48.8 Å². The smallest absolute Gasteiger partial charge is 0.416 e. The lowest BCUT2D eigenvalue weighted by atomic mass is 10.1. The van der Waals surface area contributed by atoms with E-state index in [1.807, 2.05) is 0 Å². The molecular weight excluding hydrogens is 281 g/mol. The van der Waals surface area contributed by atoms with Crippen molar-refractivity contribution in [1.29, 1.82) is 0 Å². The number of hydrogen-bond donors (Lipinski definition) is 1. The van der Waals surface area contributed by atoms with Gasteiger partial charge >= 0.3 is 6.18 Å². The molecule has 0 bridgehead atoms. The third-order valence-electron chi connectivity index (χ3n) is 3.10. The SMILES string of the molecule is Oc1cncc2nc(-c3ccc(C(F)(F)F)cc3)ccc12. The summed E-state index contributed by atoms with van der Waals surface area (Å²) in [5, 5.41) is 10.2. The Balaban J connectivity index is 2.04. The number of fused-ring (bicyclic) bond motifs is 1. The third kappa shape index (κ3) is 2.52. The standard InChI is InChI=1S/C15H9F3N2O/c16-15(17,18)10-3-1-9(2-4-10)12-6-5-11-13(20-12)7-19-8-14(11)21/h1-8,21H. The molecule has 21 heavy (non-hydrogen) atoms. The summed E-state index contributed by atoms with van der Waals surface area (Å²) >= 11 is 0. The second-order valence-electron chi connectivity index (χ2n) is 4.50. The number of halogens is 3. The quantitative estimate of drug-likeness (QED) is 0.736. The Bertz CT molecular complexity index is 798. The molecule has 0 spiro atoms. The van der Waals surface area contributed by atoms with Crippen LogP contribution in [0.5, 0.6) is 5.75 Å². The first-order valence-electron chi connectivity index (χ1n) is 6.06. The molecule has 0 aliphatic rings. The molecule has 106 valence electrons. The molecule has 0 fully saturated rings. The lowest BCUT2D eigenvalue weighted by Crippen LogP contribution is -2.04. The number of rotatable bonds is 1. The lowest BCUT2D eigenvalue weighted by molar-refractivity contribution is -0.137. The number of hydrogen-bond acceptors (Lipinski definition) is 3. The highest BCUT2D eigenvalue weighted by molar-refractivity contribution is 5.85. The number of aromatic hydroxyl groups is 1. The van der Waals surface area contributed by atoms with Crippen LogP contribution >= 0.6 is 0 Å². The predicted octanol–water partition coefficient (Wildman–Crippen LogP) is 4.02. The summed E-state index contributed by atoms with van der Waals surface area (Å²) < 4.78 is 37.6. The van der Waals surface area contributed by atoms with E-state index < -0.39 is 11.7 Å². The van der Waals surface area contributed by atoms with E-state index in [1.54, 1.807) is 12.1 Å². The molecule has 0 unspecified atom stereocenters. The Morgan fingerprint density at radius 3 is 2.29 bits per heavy atom. The average molecular weight is 290 g/mol. The fraction of sp³-hybridized carbons (Fsp3) is 0.0667. The van der Waals surface area contributed by atoms with Gasteiger partial charge in [0.05, 0.1) is 29.2 Å². The fourth-order valence-corrected chi connectivity index (χ4v) is 2.03. The van der Waals surface area contributed by atoms with Crippen LogP contribution in [0.4, 0.5) is 13.2 Å². The molecule has 0 saturated carbocycles. The number of aromatic nitrogens is 2. The second-order valence-corrected chi connectivity index (χ2v) is 4.50. The molecule has 0 radical (unpaired) electrons. The third-order valence-corrected chi connectivity index (χ3v) is 3.10. The van der Waals surface area contributed by atoms with Crippen LogP contribution in [-0.4, -0.2) is 15.1 Å². The van der Waals surface area contributed by atoms with Crippen molar-refractivity contribution in [2.45, 2.75) is 6.18 Å². The van der Waals surface area contributed by atoms with Crippen molar-refractivity contribution < 1.29 is 18.3 Å². The molecular formula is C15H9F3N2O. The molecule has 0 aliphatic carbocycles. The molecule has 0 amide bonds. The Labute approximate surface area is 117 Å². The normalized spacial score (nSPS) is 11.8.